The Hall–Kier alpha value is -2.76. The lowest BCUT2D eigenvalue weighted by molar-refractivity contribution is -0.117. The highest BCUT2D eigenvalue weighted by Crippen LogP contribution is 2.19. The molecule has 0 fully saturated rings. The molecule has 0 spiro atoms. The van der Waals surface area contributed by atoms with Crippen LogP contribution in [0.2, 0.25) is 0 Å². The van der Waals surface area contributed by atoms with Crippen LogP contribution in [0.4, 0.5) is 10.8 Å². The van der Waals surface area contributed by atoms with Crippen LogP contribution in [0, 0.1) is 0 Å². The van der Waals surface area contributed by atoms with Crippen molar-refractivity contribution >= 4 is 59.9 Å². The minimum atomic E-state index is -3.77. The Morgan fingerprint density at radius 3 is 2.33 bits per heavy atom. The summed E-state index contributed by atoms with van der Waals surface area (Å²) in [6.45, 7) is 1.56. The third-order valence-electron chi connectivity index (χ3n) is 3.93. The van der Waals surface area contributed by atoms with Gasteiger partial charge < -0.3 is 10.6 Å². The molecule has 3 N–H and O–H groups in total. The largest absolute Gasteiger partial charge is 0.341 e. The molecule has 0 saturated heterocycles. The summed E-state index contributed by atoms with van der Waals surface area (Å²) in [5, 5.41) is 7.19. The Morgan fingerprint density at radius 1 is 1.07 bits per heavy atom. The van der Waals surface area contributed by atoms with E-state index in [0.717, 1.165) is 4.47 Å². The number of anilines is 2. The summed E-state index contributed by atoms with van der Waals surface area (Å²) in [4.78, 5) is 28.5. The summed E-state index contributed by atoms with van der Waals surface area (Å²) >= 11 is 4.47. The van der Waals surface area contributed by atoms with Crippen molar-refractivity contribution in [3.63, 3.8) is 0 Å². The second-order valence-corrected chi connectivity index (χ2v) is 9.65. The van der Waals surface area contributed by atoms with Gasteiger partial charge in [-0.3, -0.25) is 14.3 Å². The van der Waals surface area contributed by atoms with Crippen LogP contribution >= 0.6 is 27.3 Å². The van der Waals surface area contributed by atoms with Crippen LogP contribution in [0.15, 0.2) is 69.5 Å². The Balaban J connectivity index is 1.59. The van der Waals surface area contributed by atoms with Gasteiger partial charge in [0.05, 0.1) is 4.90 Å². The molecular weight excluding hydrogens is 492 g/mol. The SMILES string of the molecule is CC(NC(=O)c1ccc(Br)cc1)C(=O)Nc1ccc(S(=O)(=O)Nc2nccs2)cc1. The molecule has 2 amide bonds. The van der Waals surface area contributed by atoms with Gasteiger partial charge in [-0.15, -0.1) is 11.3 Å². The molecule has 1 aromatic heterocycles. The smallest absolute Gasteiger partial charge is 0.263 e. The number of nitrogens with zero attached hydrogens (tertiary/aromatic N) is 1. The van der Waals surface area contributed by atoms with Crippen molar-refractivity contribution in [3.05, 3.63) is 70.1 Å². The third kappa shape index (κ3) is 5.65. The number of nitrogens with one attached hydrogen (secondary N) is 3. The monoisotopic (exact) mass is 508 g/mol. The summed E-state index contributed by atoms with van der Waals surface area (Å²) in [7, 11) is -3.77. The highest BCUT2D eigenvalue weighted by molar-refractivity contribution is 9.10. The number of aromatic nitrogens is 1. The van der Waals surface area contributed by atoms with Crippen LogP contribution in [-0.2, 0) is 14.8 Å². The maximum absolute atomic E-state index is 12.4. The molecule has 156 valence electrons. The van der Waals surface area contributed by atoms with Crippen LogP contribution in [-0.4, -0.2) is 31.3 Å². The quantitative estimate of drug-likeness (QED) is 0.451. The van der Waals surface area contributed by atoms with E-state index in [0.29, 0.717) is 11.3 Å². The normalized spacial score (nSPS) is 12.1. The maximum atomic E-state index is 12.4. The van der Waals surface area contributed by atoms with Crippen molar-refractivity contribution in [1.29, 1.82) is 0 Å². The van der Waals surface area contributed by atoms with E-state index >= 15 is 0 Å². The number of sulfonamides is 1. The molecule has 1 heterocycles. The van der Waals surface area contributed by atoms with Gasteiger partial charge in [0.15, 0.2) is 5.13 Å². The summed E-state index contributed by atoms with van der Waals surface area (Å²) in [5.74, 6) is -0.808. The van der Waals surface area contributed by atoms with Gasteiger partial charge in [0.1, 0.15) is 6.04 Å². The van der Waals surface area contributed by atoms with E-state index in [1.807, 2.05) is 0 Å². The zero-order chi connectivity index (χ0) is 21.7. The Morgan fingerprint density at radius 2 is 1.73 bits per heavy atom. The van der Waals surface area contributed by atoms with Crippen molar-refractivity contribution in [2.24, 2.45) is 0 Å². The predicted molar refractivity (Wildman–Crippen MR) is 119 cm³/mol. The van der Waals surface area contributed by atoms with E-state index in [1.54, 1.807) is 36.6 Å². The number of amides is 2. The highest BCUT2D eigenvalue weighted by Gasteiger charge is 2.18. The molecule has 11 heteroatoms. The first-order chi connectivity index (χ1) is 14.2. The van der Waals surface area contributed by atoms with Crippen LogP contribution in [0.3, 0.4) is 0 Å². The Kier molecular flexibility index (Phi) is 6.85. The van der Waals surface area contributed by atoms with Gasteiger partial charge in [0.25, 0.3) is 15.9 Å². The first-order valence-corrected chi connectivity index (χ1v) is 11.8. The Labute approximate surface area is 185 Å². The maximum Gasteiger partial charge on any atom is 0.263 e. The molecule has 0 aliphatic heterocycles. The molecule has 0 aliphatic carbocycles. The van der Waals surface area contributed by atoms with Crippen LogP contribution in [0.25, 0.3) is 0 Å². The van der Waals surface area contributed by atoms with Crippen molar-refractivity contribution in [2.75, 3.05) is 10.0 Å². The van der Waals surface area contributed by atoms with Gasteiger partial charge in [0.2, 0.25) is 5.91 Å². The third-order valence-corrected chi connectivity index (χ3v) is 6.63. The summed E-state index contributed by atoms with van der Waals surface area (Å²) in [5.41, 5.74) is 0.832. The molecule has 3 rings (SSSR count). The number of carbonyl (C=O) groups excluding carboxylic acids is 2. The Bertz CT molecular complexity index is 1130. The topological polar surface area (TPSA) is 117 Å². The average Bonchev–Trinajstić information content (AvgIpc) is 3.21. The lowest BCUT2D eigenvalue weighted by atomic mass is 10.2. The molecule has 1 unspecified atom stereocenters. The molecule has 0 radical (unpaired) electrons. The van der Waals surface area contributed by atoms with Crippen LogP contribution in [0.1, 0.15) is 17.3 Å². The fourth-order valence-electron chi connectivity index (χ4n) is 2.36. The number of thiazole rings is 1. The molecule has 0 bridgehead atoms. The molecule has 0 aliphatic rings. The summed E-state index contributed by atoms with van der Waals surface area (Å²) < 4.78 is 27.9. The average molecular weight is 509 g/mol. The summed E-state index contributed by atoms with van der Waals surface area (Å²) in [6, 6.07) is 11.6. The van der Waals surface area contributed by atoms with E-state index < -0.39 is 22.0 Å². The number of halogens is 1. The second-order valence-electron chi connectivity index (χ2n) is 6.16. The van der Waals surface area contributed by atoms with Crippen molar-refractivity contribution in [2.45, 2.75) is 17.9 Å². The van der Waals surface area contributed by atoms with E-state index in [1.165, 1.54) is 41.8 Å². The summed E-state index contributed by atoms with van der Waals surface area (Å²) in [6.07, 6.45) is 1.50. The van der Waals surface area contributed by atoms with Crippen LogP contribution in [0.5, 0.6) is 0 Å². The molecule has 30 heavy (non-hydrogen) atoms. The molecular formula is C19H17BrN4O4S2. The zero-order valence-corrected chi connectivity index (χ0v) is 18.8. The number of hydrogen-bond donors (Lipinski definition) is 3. The standard InChI is InChI=1S/C19H17BrN4O4S2/c1-12(22-18(26)13-2-4-14(20)5-3-13)17(25)23-15-6-8-16(9-7-15)30(27,28)24-19-21-10-11-29-19/h2-12H,1H3,(H,21,24)(H,22,26)(H,23,25). The molecule has 8 nitrogen and oxygen atoms in total. The number of carbonyl (C=O) groups is 2. The number of rotatable bonds is 7. The van der Waals surface area contributed by atoms with E-state index in [9.17, 15) is 18.0 Å². The molecule has 3 aromatic rings. The number of benzene rings is 2. The lowest BCUT2D eigenvalue weighted by Crippen LogP contribution is -2.41. The molecule has 1 atom stereocenters. The van der Waals surface area contributed by atoms with Crippen molar-refractivity contribution < 1.29 is 18.0 Å². The first-order valence-electron chi connectivity index (χ1n) is 8.64. The molecule has 2 aromatic carbocycles. The fourth-order valence-corrected chi connectivity index (χ4v) is 4.42. The van der Waals surface area contributed by atoms with Gasteiger partial charge in [-0.2, -0.15) is 0 Å². The minimum absolute atomic E-state index is 0.0345. The lowest BCUT2D eigenvalue weighted by Gasteiger charge is -2.14. The van der Waals surface area contributed by atoms with Gasteiger partial charge in [0, 0.05) is 27.3 Å². The fraction of sp³-hybridized carbons (Fsp3) is 0.105. The van der Waals surface area contributed by atoms with Gasteiger partial charge in [-0.1, -0.05) is 15.9 Å². The van der Waals surface area contributed by atoms with Crippen LogP contribution < -0.4 is 15.4 Å². The highest BCUT2D eigenvalue weighted by atomic mass is 79.9. The van der Waals surface area contributed by atoms with E-state index in [-0.39, 0.29) is 15.9 Å². The van der Waals surface area contributed by atoms with Crippen molar-refractivity contribution in [1.82, 2.24) is 10.3 Å². The second kappa shape index (κ2) is 9.37. The minimum Gasteiger partial charge on any atom is -0.341 e. The number of hydrogen-bond acceptors (Lipinski definition) is 6. The van der Waals surface area contributed by atoms with Gasteiger partial charge in [-0.25, -0.2) is 13.4 Å². The first kappa shape index (κ1) is 21.9. The van der Waals surface area contributed by atoms with Gasteiger partial charge in [-0.05, 0) is 55.5 Å². The zero-order valence-electron chi connectivity index (χ0n) is 15.6. The predicted octanol–water partition coefficient (Wildman–Crippen LogP) is 3.46. The van der Waals surface area contributed by atoms with Gasteiger partial charge >= 0.3 is 0 Å². The van der Waals surface area contributed by atoms with E-state index in [2.05, 4.69) is 36.3 Å². The van der Waals surface area contributed by atoms with Crippen molar-refractivity contribution in [3.8, 4) is 0 Å². The van der Waals surface area contributed by atoms with E-state index in [4.69, 9.17) is 0 Å². The molecule has 0 saturated carbocycles.